The van der Waals surface area contributed by atoms with Crippen LogP contribution in [0.2, 0.25) is 0 Å². The number of nitrogens with one attached hydrogen (secondary N) is 1. The van der Waals surface area contributed by atoms with E-state index in [4.69, 9.17) is 5.10 Å². The first kappa shape index (κ1) is 15.0. The molecule has 3 rings (SSSR count). The Labute approximate surface area is 128 Å². The van der Waals surface area contributed by atoms with Crippen LogP contribution in [-0.2, 0) is 6.54 Å². The van der Waals surface area contributed by atoms with E-state index in [1.807, 2.05) is 0 Å². The Morgan fingerprint density at radius 1 is 1.38 bits per heavy atom. The van der Waals surface area contributed by atoms with Gasteiger partial charge in [-0.3, -0.25) is 9.58 Å². The third-order valence-electron chi connectivity index (χ3n) is 5.39. The molecule has 118 valence electrons. The highest BCUT2D eigenvalue weighted by molar-refractivity contribution is 5.01. The predicted molar refractivity (Wildman–Crippen MR) is 86.3 cm³/mol. The Morgan fingerprint density at radius 3 is 3.00 bits per heavy atom. The Morgan fingerprint density at radius 2 is 2.24 bits per heavy atom. The number of piperidine rings is 2. The van der Waals surface area contributed by atoms with Gasteiger partial charge in [0.2, 0.25) is 0 Å². The third kappa shape index (κ3) is 3.49. The van der Waals surface area contributed by atoms with E-state index in [1.165, 1.54) is 57.6 Å². The maximum atomic E-state index is 4.77. The second kappa shape index (κ2) is 6.49. The third-order valence-corrected chi connectivity index (χ3v) is 5.39. The summed E-state index contributed by atoms with van der Waals surface area (Å²) in [6.45, 7) is 10.4. The summed E-state index contributed by atoms with van der Waals surface area (Å²) in [5, 5.41) is 8.38. The smallest absolute Gasteiger partial charge is 0.0764 e. The molecule has 3 heterocycles. The van der Waals surface area contributed by atoms with Crippen molar-refractivity contribution in [3.63, 3.8) is 0 Å². The highest BCUT2D eigenvalue weighted by atomic mass is 15.3. The molecule has 0 aromatic carbocycles. The van der Waals surface area contributed by atoms with Crippen molar-refractivity contribution in [3.05, 3.63) is 18.0 Å². The molecule has 4 nitrogen and oxygen atoms in total. The average Bonchev–Trinajstić information content (AvgIpc) is 2.96. The van der Waals surface area contributed by atoms with E-state index in [-0.39, 0.29) is 0 Å². The van der Waals surface area contributed by atoms with E-state index < -0.39 is 0 Å². The minimum atomic E-state index is 0.508. The van der Waals surface area contributed by atoms with Crippen LogP contribution in [0.3, 0.4) is 0 Å². The summed E-state index contributed by atoms with van der Waals surface area (Å²) in [6, 6.07) is 2.71. The largest absolute Gasteiger partial charge is 0.316 e. The molecule has 0 aliphatic carbocycles. The summed E-state index contributed by atoms with van der Waals surface area (Å²) < 4.78 is 2.12. The molecule has 2 aliphatic heterocycles. The van der Waals surface area contributed by atoms with Crippen LogP contribution < -0.4 is 5.32 Å². The van der Waals surface area contributed by atoms with Gasteiger partial charge in [-0.25, -0.2) is 0 Å². The summed E-state index contributed by atoms with van der Waals surface area (Å²) in [5.74, 6) is 0. The maximum Gasteiger partial charge on any atom is 0.0764 e. The molecule has 0 radical (unpaired) electrons. The van der Waals surface area contributed by atoms with Crippen LogP contribution in [0.4, 0.5) is 0 Å². The van der Waals surface area contributed by atoms with Crippen LogP contribution >= 0.6 is 0 Å². The lowest BCUT2D eigenvalue weighted by Crippen LogP contribution is -2.50. The second-order valence-corrected chi connectivity index (χ2v) is 7.14. The second-order valence-electron chi connectivity index (χ2n) is 7.14. The SMILES string of the molecule is CCC(C)n1ccc(CN2CCCC3(CCCNC3)C2)n1. The van der Waals surface area contributed by atoms with Crippen molar-refractivity contribution in [2.24, 2.45) is 5.41 Å². The number of hydrogen-bond donors (Lipinski definition) is 1. The standard InChI is InChI=1S/C17H30N4/c1-3-15(2)21-11-6-16(19-21)12-20-10-5-8-17(14-20)7-4-9-18-13-17/h6,11,15,18H,3-5,7-10,12-14H2,1-2H3. The van der Waals surface area contributed by atoms with Crippen molar-refractivity contribution >= 4 is 0 Å². The van der Waals surface area contributed by atoms with Crippen molar-refractivity contribution in [2.75, 3.05) is 26.2 Å². The van der Waals surface area contributed by atoms with Crippen LogP contribution in [0.1, 0.15) is 57.7 Å². The van der Waals surface area contributed by atoms with Gasteiger partial charge in [-0.1, -0.05) is 6.92 Å². The van der Waals surface area contributed by atoms with E-state index in [1.54, 1.807) is 0 Å². The lowest BCUT2D eigenvalue weighted by Gasteiger charge is -2.45. The zero-order chi connectivity index (χ0) is 14.7. The van der Waals surface area contributed by atoms with E-state index in [9.17, 15) is 0 Å². The molecule has 2 saturated heterocycles. The van der Waals surface area contributed by atoms with Gasteiger partial charge in [-0.15, -0.1) is 0 Å². The maximum absolute atomic E-state index is 4.77. The van der Waals surface area contributed by atoms with Gasteiger partial charge in [0, 0.05) is 31.9 Å². The molecule has 1 spiro atoms. The van der Waals surface area contributed by atoms with E-state index in [0.717, 1.165) is 13.0 Å². The van der Waals surface area contributed by atoms with Gasteiger partial charge >= 0.3 is 0 Å². The molecule has 2 fully saturated rings. The molecule has 0 amide bonds. The van der Waals surface area contributed by atoms with Crippen LogP contribution in [0.5, 0.6) is 0 Å². The van der Waals surface area contributed by atoms with Gasteiger partial charge < -0.3 is 5.32 Å². The summed E-state index contributed by atoms with van der Waals surface area (Å²) in [7, 11) is 0. The Kier molecular flexibility index (Phi) is 4.65. The predicted octanol–water partition coefficient (Wildman–Crippen LogP) is 2.82. The number of nitrogens with zero attached hydrogens (tertiary/aromatic N) is 3. The molecule has 1 aromatic rings. The fourth-order valence-electron chi connectivity index (χ4n) is 3.95. The summed E-state index contributed by atoms with van der Waals surface area (Å²) in [5.41, 5.74) is 1.77. The van der Waals surface area contributed by atoms with Gasteiger partial charge in [-0.2, -0.15) is 5.10 Å². The normalized spacial score (nSPS) is 28.9. The summed E-state index contributed by atoms with van der Waals surface area (Å²) >= 11 is 0. The van der Waals surface area contributed by atoms with E-state index >= 15 is 0 Å². The zero-order valence-electron chi connectivity index (χ0n) is 13.6. The fraction of sp³-hybridized carbons (Fsp3) is 0.824. The summed E-state index contributed by atoms with van der Waals surface area (Å²) in [6.07, 6.45) is 8.77. The summed E-state index contributed by atoms with van der Waals surface area (Å²) in [4.78, 5) is 2.62. The van der Waals surface area contributed by atoms with Crippen molar-refractivity contribution in [3.8, 4) is 0 Å². The molecular formula is C17H30N4. The van der Waals surface area contributed by atoms with E-state index in [2.05, 4.69) is 41.0 Å². The van der Waals surface area contributed by atoms with Crippen molar-refractivity contribution in [1.82, 2.24) is 20.0 Å². The minimum Gasteiger partial charge on any atom is -0.316 e. The van der Waals surface area contributed by atoms with Crippen molar-refractivity contribution in [1.29, 1.82) is 0 Å². The quantitative estimate of drug-likeness (QED) is 0.925. The van der Waals surface area contributed by atoms with Crippen LogP contribution in [-0.4, -0.2) is 40.9 Å². The molecule has 4 heteroatoms. The number of likely N-dealkylation sites (tertiary alicyclic amines) is 1. The first-order valence-electron chi connectivity index (χ1n) is 8.68. The number of hydrogen-bond acceptors (Lipinski definition) is 3. The molecule has 2 atom stereocenters. The van der Waals surface area contributed by atoms with Crippen LogP contribution in [0, 0.1) is 5.41 Å². The highest BCUT2D eigenvalue weighted by Crippen LogP contribution is 2.36. The Hall–Kier alpha value is -0.870. The number of rotatable bonds is 4. The first-order chi connectivity index (χ1) is 10.2. The average molecular weight is 290 g/mol. The van der Waals surface area contributed by atoms with Crippen molar-refractivity contribution < 1.29 is 0 Å². The van der Waals surface area contributed by atoms with Gasteiger partial charge in [-0.05, 0) is 63.6 Å². The van der Waals surface area contributed by atoms with Gasteiger partial charge in [0.05, 0.1) is 5.69 Å². The van der Waals surface area contributed by atoms with Gasteiger partial charge in [0.25, 0.3) is 0 Å². The molecule has 2 aliphatic rings. The molecule has 2 unspecified atom stereocenters. The Balaban J connectivity index is 1.60. The highest BCUT2D eigenvalue weighted by Gasteiger charge is 2.36. The van der Waals surface area contributed by atoms with Gasteiger partial charge in [0.1, 0.15) is 0 Å². The van der Waals surface area contributed by atoms with Crippen LogP contribution in [0.25, 0.3) is 0 Å². The minimum absolute atomic E-state index is 0.508. The van der Waals surface area contributed by atoms with E-state index in [0.29, 0.717) is 11.5 Å². The van der Waals surface area contributed by atoms with Gasteiger partial charge in [0.15, 0.2) is 0 Å². The monoisotopic (exact) mass is 290 g/mol. The molecular weight excluding hydrogens is 260 g/mol. The topological polar surface area (TPSA) is 33.1 Å². The van der Waals surface area contributed by atoms with Crippen LogP contribution in [0.15, 0.2) is 12.3 Å². The fourth-order valence-corrected chi connectivity index (χ4v) is 3.95. The van der Waals surface area contributed by atoms with Crippen molar-refractivity contribution in [2.45, 2.75) is 58.5 Å². The molecule has 0 saturated carbocycles. The molecule has 1 aromatic heterocycles. The first-order valence-corrected chi connectivity index (χ1v) is 8.68. The zero-order valence-corrected chi connectivity index (χ0v) is 13.6. The number of aromatic nitrogens is 2. The lowest BCUT2D eigenvalue weighted by atomic mass is 9.74. The Bertz CT molecular complexity index is 442. The lowest BCUT2D eigenvalue weighted by molar-refractivity contribution is 0.0592. The molecule has 1 N–H and O–H groups in total. The molecule has 0 bridgehead atoms. The molecule has 21 heavy (non-hydrogen) atoms.